The third-order valence-corrected chi connectivity index (χ3v) is 6.72. The number of piperidine rings is 1. The highest BCUT2D eigenvalue weighted by Gasteiger charge is 2.29. The van der Waals surface area contributed by atoms with Gasteiger partial charge in [-0.2, -0.15) is 0 Å². The molecule has 182 valence electrons. The molecule has 1 aliphatic carbocycles. The van der Waals surface area contributed by atoms with Gasteiger partial charge in [0, 0.05) is 14.8 Å². The number of allylic oxidation sites excluding steroid dienone is 1. The van der Waals surface area contributed by atoms with Crippen molar-refractivity contribution in [2.75, 3.05) is 27.3 Å². The lowest BCUT2D eigenvalue weighted by molar-refractivity contribution is 0.176. The van der Waals surface area contributed by atoms with E-state index in [2.05, 4.69) is 0 Å². The zero-order valence-corrected chi connectivity index (χ0v) is 20.2. The molecule has 1 saturated heterocycles. The monoisotopic (exact) mass is 476 g/mol. The van der Waals surface area contributed by atoms with Crippen LogP contribution in [0.1, 0.15) is 51.1 Å². The predicted molar refractivity (Wildman–Crippen MR) is 140 cm³/mol. The molecule has 2 aliphatic rings. The lowest BCUT2D eigenvalue weighted by atomic mass is 9.89. The number of nitrogens with zero attached hydrogens (tertiary/aromatic N) is 1. The van der Waals surface area contributed by atoms with Gasteiger partial charge in [-0.15, -0.1) is 0 Å². The van der Waals surface area contributed by atoms with Crippen LogP contribution in [0.15, 0.2) is 78.2 Å². The molecule has 3 aromatic rings. The Balaban J connectivity index is 1.35. The van der Waals surface area contributed by atoms with Crippen molar-refractivity contribution in [1.82, 2.24) is 4.90 Å². The second-order valence-electron chi connectivity index (χ2n) is 8.99. The average Bonchev–Trinajstić information content (AvgIpc) is 3.33. The molecule has 35 heavy (non-hydrogen) atoms. The summed E-state index contributed by atoms with van der Waals surface area (Å²) in [6.07, 6.45) is 2.92. The highest BCUT2D eigenvalue weighted by Crippen LogP contribution is 2.43. The van der Waals surface area contributed by atoms with E-state index in [9.17, 15) is 0 Å². The van der Waals surface area contributed by atoms with Crippen LogP contribution in [0.4, 0.5) is 0 Å². The summed E-state index contributed by atoms with van der Waals surface area (Å²) in [5.74, 6) is 2.44. The van der Waals surface area contributed by atoms with Crippen LogP contribution in [0.3, 0.4) is 0 Å². The van der Waals surface area contributed by atoms with E-state index >= 15 is 0 Å². The molecule has 4 heteroatoms. The summed E-state index contributed by atoms with van der Waals surface area (Å²) in [6, 6.07) is 11.4. The van der Waals surface area contributed by atoms with Gasteiger partial charge in [0.2, 0.25) is 0 Å². The Labute approximate surface area is 219 Å². The van der Waals surface area contributed by atoms with Crippen LogP contribution in [0, 0.1) is 5.92 Å². The second kappa shape index (κ2) is 11.0. The molecule has 0 unspecified atom stereocenters. The third kappa shape index (κ3) is 5.54. The Morgan fingerprint density at radius 2 is 1.66 bits per heavy atom. The number of hydrogen-bond donors (Lipinski definition) is 0. The van der Waals surface area contributed by atoms with Crippen molar-refractivity contribution in [3.8, 4) is 11.5 Å². The van der Waals surface area contributed by atoms with Gasteiger partial charge < -0.3 is 14.2 Å². The van der Waals surface area contributed by atoms with Gasteiger partial charge in [-0.05, 0) is 79.1 Å². The molecular formula is C31H35NO3. The molecule has 5 rings (SSSR count). The van der Waals surface area contributed by atoms with E-state index in [1.807, 2.05) is 42.5 Å². The molecule has 1 aliphatic heterocycles. The average molecular weight is 477 g/mol. The van der Waals surface area contributed by atoms with E-state index in [1.54, 1.807) is 19.1 Å². The van der Waals surface area contributed by atoms with E-state index in [-0.39, 0.29) is 11.5 Å². The number of likely N-dealkylation sites (tertiary alicyclic amines) is 1. The Morgan fingerprint density at radius 1 is 0.943 bits per heavy atom. The molecule has 0 N–H and O–H groups in total. The Bertz CT molecular complexity index is 1470. The smallest absolute Gasteiger partial charge is 0.161 e. The predicted octanol–water partition coefficient (Wildman–Crippen LogP) is 6.49. The van der Waals surface area contributed by atoms with Crippen molar-refractivity contribution in [1.29, 1.82) is 0 Å². The van der Waals surface area contributed by atoms with Gasteiger partial charge in [0.1, 0.15) is 12.4 Å². The topological polar surface area (TPSA) is 30.9 Å². The first-order valence-corrected chi connectivity index (χ1v) is 12.0. The summed E-state index contributed by atoms with van der Waals surface area (Å²) in [7, 11) is 3.24. The summed E-state index contributed by atoms with van der Waals surface area (Å²) < 4.78 is 75.5. The van der Waals surface area contributed by atoms with Gasteiger partial charge in [-0.3, -0.25) is 4.90 Å². The fourth-order valence-corrected chi connectivity index (χ4v) is 4.92. The molecule has 0 radical (unpaired) electrons. The highest BCUT2D eigenvalue weighted by atomic mass is 16.5. The van der Waals surface area contributed by atoms with Crippen LogP contribution in [-0.2, 0) is 24.3 Å². The van der Waals surface area contributed by atoms with E-state index in [0.29, 0.717) is 44.0 Å². The molecule has 0 spiro atoms. The third-order valence-electron chi connectivity index (χ3n) is 6.72. The summed E-state index contributed by atoms with van der Waals surface area (Å²) in [5.41, 5.74) is 4.05. The van der Waals surface area contributed by atoms with Gasteiger partial charge >= 0.3 is 0 Å². The quantitative estimate of drug-likeness (QED) is 0.353. The molecule has 1 heterocycles. The van der Waals surface area contributed by atoms with E-state index in [0.717, 1.165) is 35.3 Å². The van der Waals surface area contributed by atoms with Gasteiger partial charge in [0.25, 0.3) is 0 Å². The maximum atomic E-state index is 8.80. The normalized spacial score (nSPS) is 19.5. The van der Waals surface area contributed by atoms with Crippen molar-refractivity contribution >= 4 is 5.76 Å². The van der Waals surface area contributed by atoms with Crippen molar-refractivity contribution in [2.45, 2.75) is 38.8 Å². The molecule has 4 nitrogen and oxygen atoms in total. The van der Waals surface area contributed by atoms with Crippen molar-refractivity contribution in [3.63, 3.8) is 0 Å². The Morgan fingerprint density at radius 3 is 2.37 bits per heavy atom. The summed E-state index contributed by atoms with van der Waals surface area (Å²) in [6.45, 7) is -0.952. The van der Waals surface area contributed by atoms with E-state index in [4.69, 9.17) is 23.8 Å². The maximum Gasteiger partial charge on any atom is 0.161 e. The zero-order valence-electron chi connectivity index (χ0n) is 27.2. The molecule has 0 amide bonds. The number of ether oxygens (including phenoxy) is 3. The van der Waals surface area contributed by atoms with Gasteiger partial charge in [-0.1, -0.05) is 60.5 Å². The minimum atomic E-state index is -2.20. The molecule has 3 aromatic carbocycles. The van der Waals surface area contributed by atoms with Gasteiger partial charge in [-0.25, -0.2) is 0 Å². The van der Waals surface area contributed by atoms with Gasteiger partial charge in [0.15, 0.2) is 11.5 Å². The zero-order chi connectivity index (χ0) is 30.2. The van der Waals surface area contributed by atoms with Crippen LogP contribution in [0.25, 0.3) is 5.76 Å². The molecule has 0 bridgehead atoms. The van der Waals surface area contributed by atoms with Crippen molar-refractivity contribution in [3.05, 3.63) is 101 Å². The first-order chi connectivity index (χ1) is 20.1. The number of hydrogen-bond acceptors (Lipinski definition) is 4. The summed E-state index contributed by atoms with van der Waals surface area (Å²) >= 11 is 0. The number of benzene rings is 3. The van der Waals surface area contributed by atoms with Crippen molar-refractivity contribution < 1.29 is 23.8 Å². The SMILES string of the molecule is [2H]c1c([2H])c([2H])c(C([2H])([2H])N2CCC(CC3=C(OCc4ccccc4)c4cc(OC)c(OC)cc4C3)CC2)c([2H])c1[2H]. The van der Waals surface area contributed by atoms with Crippen LogP contribution >= 0.6 is 0 Å². The second-order valence-corrected chi connectivity index (χ2v) is 8.99. The summed E-state index contributed by atoms with van der Waals surface area (Å²) in [4.78, 5) is 1.59. The van der Waals surface area contributed by atoms with Crippen LogP contribution in [-0.4, -0.2) is 32.2 Å². The molecule has 1 fully saturated rings. The van der Waals surface area contributed by atoms with Crippen LogP contribution < -0.4 is 9.47 Å². The number of methoxy groups -OCH3 is 2. The largest absolute Gasteiger partial charge is 0.493 e. The number of rotatable bonds is 9. The first kappa shape index (κ1) is 16.4. The molecule has 0 atom stereocenters. The maximum absolute atomic E-state index is 8.80. The van der Waals surface area contributed by atoms with Crippen LogP contribution in [0.5, 0.6) is 11.5 Å². The standard InChI is InChI=1S/C31H35NO3/c1-33-29-19-26-18-27(17-23-13-15-32(16-14-23)21-24-9-5-3-6-10-24)31(28(26)20-30(29)34-2)35-22-25-11-7-4-8-12-25/h3-12,19-20,23H,13-18,21-22H2,1-2H3/i3D,5D,6D,9D,10D,21D2. The van der Waals surface area contributed by atoms with Crippen molar-refractivity contribution in [2.24, 2.45) is 5.92 Å². The first-order valence-electron chi connectivity index (χ1n) is 15.5. The molecular weight excluding hydrogens is 434 g/mol. The lowest BCUT2D eigenvalue weighted by Crippen LogP contribution is -2.33. The fourth-order valence-electron chi connectivity index (χ4n) is 4.92. The minimum absolute atomic E-state index is 0.278. The Hall–Kier alpha value is -3.24. The minimum Gasteiger partial charge on any atom is -0.493 e. The van der Waals surface area contributed by atoms with Crippen LogP contribution in [0.2, 0.25) is 0 Å². The molecule has 0 saturated carbocycles. The number of fused-ring (bicyclic) bond motifs is 1. The van der Waals surface area contributed by atoms with Gasteiger partial charge in [0.05, 0.1) is 21.1 Å². The highest BCUT2D eigenvalue weighted by molar-refractivity contribution is 5.74. The summed E-state index contributed by atoms with van der Waals surface area (Å²) in [5, 5.41) is 0. The Kier molecular flexibility index (Phi) is 5.17. The fraction of sp³-hybridized carbons (Fsp3) is 0.355. The molecule has 0 aromatic heterocycles. The lowest BCUT2D eigenvalue weighted by Gasteiger charge is -2.32. The van der Waals surface area contributed by atoms with E-state index in [1.165, 1.54) is 5.57 Å². The van der Waals surface area contributed by atoms with E-state index < -0.39 is 36.7 Å².